The Bertz CT molecular complexity index is 1650. The van der Waals surface area contributed by atoms with E-state index in [1.807, 2.05) is 0 Å². The summed E-state index contributed by atoms with van der Waals surface area (Å²) in [5.74, 6) is -16.8. The van der Waals surface area contributed by atoms with Crippen LogP contribution in [0.3, 0.4) is 0 Å². The van der Waals surface area contributed by atoms with Gasteiger partial charge in [-0.1, -0.05) is 0 Å². The van der Waals surface area contributed by atoms with Crippen LogP contribution in [-0.2, 0) is 4.79 Å². The fraction of sp³-hybridized carbons (Fsp3) is 0.185. The van der Waals surface area contributed by atoms with Crippen LogP contribution >= 0.6 is 0 Å². The van der Waals surface area contributed by atoms with E-state index in [1.165, 1.54) is 0 Å². The largest absolute Gasteiger partial charge is 0.504 e. The van der Waals surface area contributed by atoms with E-state index in [9.17, 15) is 90.7 Å². The van der Waals surface area contributed by atoms with Crippen LogP contribution in [0.15, 0.2) is 36.4 Å². The maximum atomic E-state index is 13.7. The quantitative estimate of drug-likeness (QED) is 0.0456. The van der Waals surface area contributed by atoms with Crippen LogP contribution in [0.4, 0.5) is 0 Å². The zero-order chi connectivity index (χ0) is 34.3. The average Bonchev–Trinajstić information content (AvgIpc) is 3.00. The molecule has 0 spiro atoms. The molecule has 1 unspecified atom stereocenters. The maximum Gasteiger partial charge on any atom is 0.222 e. The van der Waals surface area contributed by atoms with Gasteiger partial charge in [-0.05, 0) is 36.4 Å². The lowest BCUT2D eigenvalue weighted by atomic mass is 9.68. The van der Waals surface area contributed by atoms with Crippen LogP contribution in [0.25, 0.3) is 0 Å². The van der Waals surface area contributed by atoms with Gasteiger partial charge in [-0.25, -0.2) is 0 Å². The second kappa shape index (κ2) is 11.8. The summed E-state index contributed by atoms with van der Waals surface area (Å²) in [5.41, 5.74) is -11.9. The first-order valence-electron chi connectivity index (χ1n) is 12.1. The third-order valence-corrected chi connectivity index (χ3v) is 6.81. The van der Waals surface area contributed by atoms with Crippen LogP contribution in [0, 0.1) is 0 Å². The van der Waals surface area contributed by atoms with Gasteiger partial charge in [0, 0.05) is 16.7 Å². The Kier molecular flexibility index (Phi) is 8.86. The summed E-state index contributed by atoms with van der Waals surface area (Å²) >= 11 is 0. The summed E-state index contributed by atoms with van der Waals surface area (Å²) in [4.78, 5) is 52.2. The second-order valence-corrected chi connectivity index (χ2v) is 9.64. The van der Waals surface area contributed by atoms with E-state index in [4.69, 9.17) is 0 Å². The molecule has 5 atom stereocenters. The van der Waals surface area contributed by atoms with Gasteiger partial charge >= 0.3 is 0 Å². The molecule has 45 heavy (non-hydrogen) atoms. The van der Waals surface area contributed by atoms with Crippen molar-refractivity contribution in [3.63, 3.8) is 0 Å². The molecule has 0 aliphatic heterocycles. The van der Waals surface area contributed by atoms with E-state index in [1.54, 1.807) is 0 Å². The number of aromatic hydroxyl groups is 9. The Morgan fingerprint density at radius 1 is 0.556 bits per heavy atom. The molecule has 3 rings (SSSR count). The molecule has 0 aliphatic carbocycles. The number of aliphatic hydroxyl groups excluding tert-OH is 3. The van der Waals surface area contributed by atoms with Gasteiger partial charge < -0.3 is 71.5 Å². The van der Waals surface area contributed by atoms with Crippen molar-refractivity contribution in [1.29, 1.82) is 0 Å². The molecule has 240 valence electrons. The molecule has 0 amide bonds. The lowest BCUT2D eigenvalue weighted by Crippen LogP contribution is -2.73. The van der Waals surface area contributed by atoms with E-state index in [0.717, 1.165) is 0 Å². The SMILES string of the molecule is O=C[C@@](O)(C(=O)c1cc(O)c(O)c(O)c1)[C@](O)(C(=O)c1cc(O)c(O)c(O)c1)[C@H](O)[C@H](O)C(O)C(=O)c1cc(O)c(O)c(O)c1. The van der Waals surface area contributed by atoms with E-state index in [-0.39, 0.29) is 0 Å². The predicted octanol–water partition coefficient (Wildman–Crippen LogP) is -2.27. The van der Waals surface area contributed by atoms with Crippen molar-refractivity contribution >= 4 is 23.6 Å². The van der Waals surface area contributed by atoms with Gasteiger partial charge in [-0.15, -0.1) is 0 Å². The molecule has 0 saturated heterocycles. The van der Waals surface area contributed by atoms with Gasteiger partial charge in [0.25, 0.3) is 0 Å². The lowest BCUT2D eigenvalue weighted by molar-refractivity contribution is -0.185. The molecule has 0 heterocycles. The average molecular weight is 636 g/mol. The molecule has 3 aromatic rings. The predicted molar refractivity (Wildman–Crippen MR) is 141 cm³/mol. The lowest BCUT2D eigenvalue weighted by Gasteiger charge is -2.42. The van der Waals surface area contributed by atoms with Crippen molar-refractivity contribution in [1.82, 2.24) is 0 Å². The smallest absolute Gasteiger partial charge is 0.222 e. The van der Waals surface area contributed by atoms with Gasteiger partial charge in [0.2, 0.25) is 17.2 Å². The van der Waals surface area contributed by atoms with Crippen molar-refractivity contribution in [2.75, 3.05) is 0 Å². The van der Waals surface area contributed by atoms with Crippen LogP contribution in [0.5, 0.6) is 51.7 Å². The van der Waals surface area contributed by atoms with Crippen molar-refractivity contribution in [3.8, 4) is 51.7 Å². The Morgan fingerprint density at radius 2 is 0.867 bits per heavy atom. The van der Waals surface area contributed by atoms with Crippen LogP contribution in [0.2, 0.25) is 0 Å². The first-order chi connectivity index (χ1) is 20.7. The van der Waals surface area contributed by atoms with Gasteiger partial charge in [-0.3, -0.25) is 19.2 Å². The minimum atomic E-state index is -4.44. The van der Waals surface area contributed by atoms with Crippen LogP contribution < -0.4 is 0 Å². The molecule has 18 heteroatoms. The van der Waals surface area contributed by atoms with E-state index in [2.05, 4.69) is 0 Å². The summed E-state index contributed by atoms with van der Waals surface area (Å²) in [6.45, 7) is 0. The van der Waals surface area contributed by atoms with Crippen LogP contribution in [0.1, 0.15) is 31.1 Å². The summed E-state index contributed by atoms with van der Waals surface area (Å²) < 4.78 is 0. The number of phenolic OH excluding ortho intramolecular Hbond substituents is 9. The highest BCUT2D eigenvalue weighted by Gasteiger charge is 2.66. The van der Waals surface area contributed by atoms with Crippen molar-refractivity contribution < 1.29 is 90.7 Å². The second-order valence-electron chi connectivity index (χ2n) is 9.64. The highest BCUT2D eigenvalue weighted by molar-refractivity contribution is 6.20. The summed E-state index contributed by atoms with van der Waals surface area (Å²) in [6.07, 6.45) is -10.5. The van der Waals surface area contributed by atoms with Gasteiger partial charge in [-0.2, -0.15) is 0 Å². The number of benzene rings is 3. The van der Waals surface area contributed by atoms with Crippen molar-refractivity contribution in [2.45, 2.75) is 29.5 Å². The molecule has 0 radical (unpaired) electrons. The maximum absolute atomic E-state index is 13.7. The fourth-order valence-electron chi connectivity index (χ4n) is 4.25. The number of ketones is 3. The number of aliphatic hydroxyl groups is 5. The molecule has 0 bridgehead atoms. The number of hydrogen-bond acceptors (Lipinski definition) is 18. The highest BCUT2D eigenvalue weighted by Crippen LogP contribution is 2.42. The Balaban J connectivity index is 2.25. The van der Waals surface area contributed by atoms with E-state index >= 15 is 0 Å². The highest BCUT2D eigenvalue weighted by atomic mass is 16.4. The molecule has 0 aliphatic rings. The van der Waals surface area contributed by atoms with Gasteiger partial charge in [0.15, 0.2) is 69.4 Å². The first-order valence-corrected chi connectivity index (χ1v) is 12.1. The number of rotatable bonds is 11. The summed E-state index contributed by atoms with van der Waals surface area (Å²) in [5, 5.41) is 142. The molecular formula is C27H24O18. The van der Waals surface area contributed by atoms with E-state index in [0.29, 0.717) is 36.4 Å². The monoisotopic (exact) mass is 636 g/mol. The third kappa shape index (κ3) is 5.46. The first kappa shape index (κ1) is 33.8. The minimum Gasteiger partial charge on any atom is -0.504 e. The zero-order valence-electron chi connectivity index (χ0n) is 22.2. The van der Waals surface area contributed by atoms with E-state index < -0.39 is 122 Å². The van der Waals surface area contributed by atoms with Crippen molar-refractivity contribution in [3.05, 3.63) is 53.1 Å². The Hall–Kier alpha value is -5.66. The Morgan fingerprint density at radius 3 is 1.20 bits per heavy atom. The minimum absolute atomic E-state index is 0.291. The standard InChI is InChI=1S/C27H24O18/c28-7-26(44,23(41)9-3-13(31)19(37)14(32)4-9)27(45,24(42)10-5-15(33)20(38)16(34)6-10)25(43)22(40)21(39)17(35)8-1-11(29)18(36)12(30)2-8/h1-7,21-22,25,29-34,36-40,43-45H/t21?,22-,25-,26-,27+/m1/s1. The number of carbonyl (C=O) groups is 4. The number of aldehydes is 1. The number of hydrogen-bond donors (Lipinski definition) is 14. The normalized spacial score (nSPS) is 16.0. The van der Waals surface area contributed by atoms with Gasteiger partial charge in [0.1, 0.15) is 18.3 Å². The van der Waals surface area contributed by atoms with Crippen LogP contribution in [-0.4, -0.2) is 125 Å². The number of Topliss-reactive ketones (excluding diaryl/α,β-unsaturated/α-hetero) is 3. The molecular weight excluding hydrogens is 612 g/mol. The Labute approximate surface area is 249 Å². The number of carbonyl (C=O) groups excluding carboxylic acids is 4. The topological polar surface area (TPSA) is 352 Å². The molecule has 0 aromatic heterocycles. The zero-order valence-corrected chi connectivity index (χ0v) is 22.2. The summed E-state index contributed by atoms with van der Waals surface area (Å²) in [6, 6.07) is 2.15. The fourth-order valence-corrected chi connectivity index (χ4v) is 4.25. The molecule has 3 aromatic carbocycles. The summed E-state index contributed by atoms with van der Waals surface area (Å²) in [7, 11) is 0. The molecule has 14 N–H and O–H groups in total. The van der Waals surface area contributed by atoms with Gasteiger partial charge in [0.05, 0.1) is 0 Å². The molecule has 0 fully saturated rings. The third-order valence-electron chi connectivity index (χ3n) is 6.81. The molecule has 18 nitrogen and oxygen atoms in total. The molecule has 0 saturated carbocycles. The van der Waals surface area contributed by atoms with Crippen molar-refractivity contribution in [2.24, 2.45) is 0 Å². The number of phenols is 9.